The maximum atomic E-state index is 13.1. The number of benzene rings is 2. The van der Waals surface area contributed by atoms with Gasteiger partial charge in [0.2, 0.25) is 0 Å². The van der Waals surface area contributed by atoms with Crippen LogP contribution in [0.4, 0.5) is 4.39 Å². The van der Waals surface area contributed by atoms with Crippen molar-refractivity contribution in [1.82, 2.24) is 0 Å². The summed E-state index contributed by atoms with van der Waals surface area (Å²) in [6.07, 6.45) is 0. The van der Waals surface area contributed by atoms with E-state index in [0.29, 0.717) is 5.56 Å². The number of hydrogen-bond donors (Lipinski definition) is 0. The minimum atomic E-state index is -0.508. The second kappa shape index (κ2) is 5.14. The van der Waals surface area contributed by atoms with Gasteiger partial charge in [-0.2, -0.15) is 0 Å². The van der Waals surface area contributed by atoms with Crippen LogP contribution in [0.1, 0.15) is 15.9 Å². The quantitative estimate of drug-likeness (QED) is 0.576. The van der Waals surface area contributed by atoms with Crippen LogP contribution in [0.15, 0.2) is 42.5 Å². The standard InChI is InChI=1S/C13H7ClFIO/c14-10-5-9(6-11(15)7-10)13(17)8-1-3-12(16)4-2-8/h1-7H. The van der Waals surface area contributed by atoms with Crippen molar-refractivity contribution in [3.05, 3.63) is 68.0 Å². The molecule has 17 heavy (non-hydrogen) atoms. The summed E-state index contributed by atoms with van der Waals surface area (Å²) in [5.74, 6) is -0.742. The second-order valence-corrected chi connectivity index (χ2v) is 5.18. The summed E-state index contributed by atoms with van der Waals surface area (Å²) in [5.41, 5.74) is 0.781. The Morgan fingerprint density at radius 3 is 2.29 bits per heavy atom. The molecule has 0 atom stereocenters. The van der Waals surface area contributed by atoms with Gasteiger partial charge >= 0.3 is 0 Å². The summed E-state index contributed by atoms with van der Waals surface area (Å²) >= 11 is 7.87. The lowest BCUT2D eigenvalue weighted by Crippen LogP contribution is -2.01. The molecule has 0 fully saturated rings. The Kier molecular flexibility index (Phi) is 3.79. The molecule has 1 nitrogen and oxygen atoms in total. The van der Waals surface area contributed by atoms with Crippen LogP contribution in [-0.2, 0) is 0 Å². The normalized spacial score (nSPS) is 10.3. The molecular formula is C13H7ClFIO. The SMILES string of the molecule is O=C(c1ccc(I)cc1)c1cc(F)cc(Cl)c1. The lowest BCUT2D eigenvalue weighted by molar-refractivity contribution is 0.103. The Morgan fingerprint density at radius 1 is 1.06 bits per heavy atom. The average Bonchev–Trinajstić information content (AvgIpc) is 2.28. The zero-order valence-electron chi connectivity index (χ0n) is 8.58. The first kappa shape index (κ1) is 12.5. The highest BCUT2D eigenvalue weighted by Gasteiger charge is 2.10. The molecule has 2 aromatic rings. The molecule has 0 N–H and O–H groups in total. The van der Waals surface area contributed by atoms with Crippen molar-refractivity contribution in [2.75, 3.05) is 0 Å². The van der Waals surface area contributed by atoms with Gasteiger partial charge in [-0.1, -0.05) is 11.6 Å². The van der Waals surface area contributed by atoms with E-state index < -0.39 is 5.82 Å². The topological polar surface area (TPSA) is 17.1 Å². The number of hydrogen-bond acceptors (Lipinski definition) is 1. The predicted molar refractivity (Wildman–Crippen MR) is 74.0 cm³/mol. The van der Waals surface area contributed by atoms with Crippen LogP contribution < -0.4 is 0 Å². The molecule has 2 rings (SSSR count). The van der Waals surface area contributed by atoms with Gasteiger partial charge in [-0.3, -0.25) is 4.79 Å². The summed E-state index contributed by atoms with van der Waals surface area (Å²) in [6, 6.07) is 10.9. The lowest BCUT2D eigenvalue weighted by atomic mass is 10.0. The van der Waals surface area contributed by atoms with Crippen LogP contribution in [0.2, 0.25) is 5.02 Å². The van der Waals surface area contributed by atoms with Gasteiger partial charge in [0.05, 0.1) is 0 Å². The van der Waals surface area contributed by atoms with Gasteiger partial charge in [-0.15, -0.1) is 0 Å². The van der Waals surface area contributed by atoms with Crippen molar-refractivity contribution >= 4 is 40.0 Å². The first-order valence-electron chi connectivity index (χ1n) is 4.82. The van der Waals surface area contributed by atoms with E-state index in [1.165, 1.54) is 18.2 Å². The zero-order chi connectivity index (χ0) is 12.4. The Hall–Kier alpha value is -0.940. The fourth-order valence-electron chi connectivity index (χ4n) is 1.45. The Morgan fingerprint density at radius 2 is 1.71 bits per heavy atom. The monoisotopic (exact) mass is 360 g/mol. The third kappa shape index (κ3) is 3.04. The lowest BCUT2D eigenvalue weighted by Gasteiger charge is -2.02. The zero-order valence-corrected chi connectivity index (χ0v) is 11.5. The molecule has 86 valence electrons. The van der Waals surface area contributed by atoms with Crippen molar-refractivity contribution < 1.29 is 9.18 Å². The number of carbonyl (C=O) groups is 1. The second-order valence-electron chi connectivity index (χ2n) is 3.49. The molecule has 0 aliphatic heterocycles. The fraction of sp³-hybridized carbons (Fsp3) is 0. The average molecular weight is 361 g/mol. The molecule has 4 heteroatoms. The van der Waals surface area contributed by atoms with Crippen LogP contribution in [0, 0.1) is 9.39 Å². The molecule has 0 heterocycles. The van der Waals surface area contributed by atoms with Crippen LogP contribution in [0.5, 0.6) is 0 Å². The molecule has 0 saturated heterocycles. The fourth-order valence-corrected chi connectivity index (χ4v) is 2.03. The van der Waals surface area contributed by atoms with E-state index in [2.05, 4.69) is 22.6 Å². The van der Waals surface area contributed by atoms with Crippen molar-refractivity contribution in [1.29, 1.82) is 0 Å². The summed E-state index contributed by atoms with van der Waals surface area (Å²) in [4.78, 5) is 12.0. The van der Waals surface area contributed by atoms with E-state index in [1.807, 2.05) is 12.1 Å². The van der Waals surface area contributed by atoms with E-state index >= 15 is 0 Å². The summed E-state index contributed by atoms with van der Waals surface area (Å²) in [5, 5.41) is 0.221. The molecular weight excluding hydrogens is 353 g/mol. The number of ketones is 1. The van der Waals surface area contributed by atoms with E-state index in [1.54, 1.807) is 12.1 Å². The molecule has 0 saturated carbocycles. The van der Waals surface area contributed by atoms with E-state index in [-0.39, 0.29) is 16.4 Å². The van der Waals surface area contributed by atoms with E-state index in [4.69, 9.17) is 11.6 Å². The molecule has 0 bridgehead atoms. The molecule has 0 spiro atoms. The largest absolute Gasteiger partial charge is 0.289 e. The van der Waals surface area contributed by atoms with Crippen LogP contribution in [0.25, 0.3) is 0 Å². The van der Waals surface area contributed by atoms with Gasteiger partial charge in [0.25, 0.3) is 0 Å². The molecule has 0 unspecified atom stereocenters. The summed E-state index contributed by atoms with van der Waals surface area (Å²) < 4.78 is 14.2. The maximum Gasteiger partial charge on any atom is 0.193 e. The van der Waals surface area contributed by atoms with Crippen molar-refractivity contribution in [2.45, 2.75) is 0 Å². The molecule has 0 amide bonds. The third-order valence-corrected chi connectivity index (χ3v) is 3.17. The first-order valence-corrected chi connectivity index (χ1v) is 6.28. The van der Waals surface area contributed by atoms with Gasteiger partial charge in [-0.05, 0) is 65.1 Å². The summed E-state index contributed by atoms with van der Waals surface area (Å²) in [6.45, 7) is 0. The summed E-state index contributed by atoms with van der Waals surface area (Å²) in [7, 11) is 0. The third-order valence-electron chi connectivity index (χ3n) is 2.23. The molecule has 0 aromatic heterocycles. The van der Waals surface area contributed by atoms with Crippen LogP contribution >= 0.6 is 34.2 Å². The highest BCUT2D eigenvalue weighted by Crippen LogP contribution is 2.18. The molecule has 0 aliphatic rings. The number of rotatable bonds is 2. The van der Waals surface area contributed by atoms with Gasteiger partial charge in [0, 0.05) is 19.7 Å². The number of carbonyl (C=O) groups excluding carboxylic acids is 1. The Bertz CT molecular complexity index is 546. The molecule has 2 aromatic carbocycles. The number of halogens is 3. The first-order chi connectivity index (χ1) is 8.06. The smallest absolute Gasteiger partial charge is 0.193 e. The van der Waals surface area contributed by atoms with Gasteiger partial charge in [-0.25, -0.2) is 4.39 Å². The minimum Gasteiger partial charge on any atom is -0.289 e. The highest BCUT2D eigenvalue weighted by molar-refractivity contribution is 14.1. The minimum absolute atomic E-state index is 0.221. The molecule has 0 aliphatic carbocycles. The molecule has 0 radical (unpaired) electrons. The van der Waals surface area contributed by atoms with E-state index in [0.717, 1.165) is 3.57 Å². The Balaban J connectivity index is 2.40. The van der Waals surface area contributed by atoms with Gasteiger partial charge in [0.1, 0.15) is 5.82 Å². The van der Waals surface area contributed by atoms with Crippen molar-refractivity contribution in [3.63, 3.8) is 0 Å². The van der Waals surface area contributed by atoms with Gasteiger partial charge in [0.15, 0.2) is 5.78 Å². The van der Waals surface area contributed by atoms with Crippen LogP contribution in [-0.4, -0.2) is 5.78 Å². The van der Waals surface area contributed by atoms with Crippen molar-refractivity contribution in [2.24, 2.45) is 0 Å². The van der Waals surface area contributed by atoms with Crippen LogP contribution in [0.3, 0.4) is 0 Å². The van der Waals surface area contributed by atoms with Gasteiger partial charge < -0.3 is 0 Å². The predicted octanol–water partition coefficient (Wildman–Crippen LogP) is 4.31. The highest BCUT2D eigenvalue weighted by atomic mass is 127. The van der Waals surface area contributed by atoms with E-state index in [9.17, 15) is 9.18 Å². The van der Waals surface area contributed by atoms with Crippen molar-refractivity contribution in [3.8, 4) is 0 Å². The Labute approximate surface area is 117 Å². The maximum absolute atomic E-state index is 13.1.